The number of aromatic nitrogens is 1. The number of nitrogen functional groups attached to an aromatic ring is 1. The molecule has 7 nitrogen and oxygen atoms in total. The van der Waals surface area contributed by atoms with Gasteiger partial charge in [0.1, 0.15) is 17.7 Å². The van der Waals surface area contributed by atoms with E-state index in [9.17, 15) is 4.79 Å². The Hall–Kier alpha value is -1.86. The van der Waals surface area contributed by atoms with E-state index in [1.807, 2.05) is 24.0 Å². The standard InChI is InChI=1S/C12H19N5O2/c1-2-14-12(18)9-8-19-7-6-17(9)11-5-3-4-10(15-11)16-13/h3-5,9H,2,6-8,13H2,1H3,(H,14,18)(H,15,16). The monoisotopic (exact) mass is 265 g/mol. The summed E-state index contributed by atoms with van der Waals surface area (Å²) >= 11 is 0. The molecule has 1 aromatic rings. The van der Waals surface area contributed by atoms with Crippen LogP contribution in [0.4, 0.5) is 11.6 Å². The third-order valence-electron chi connectivity index (χ3n) is 2.96. The second-order valence-corrected chi connectivity index (χ2v) is 4.20. The van der Waals surface area contributed by atoms with Crippen molar-refractivity contribution in [3.8, 4) is 0 Å². The number of anilines is 2. The number of rotatable bonds is 4. The summed E-state index contributed by atoms with van der Waals surface area (Å²) in [5.74, 6) is 6.60. The number of ether oxygens (including phenoxy) is 1. The first-order chi connectivity index (χ1) is 9.26. The van der Waals surface area contributed by atoms with Gasteiger partial charge in [0.25, 0.3) is 0 Å². The Balaban J connectivity index is 2.20. The van der Waals surface area contributed by atoms with Gasteiger partial charge in [-0.15, -0.1) is 0 Å². The van der Waals surface area contributed by atoms with Crippen molar-refractivity contribution in [2.24, 2.45) is 5.84 Å². The van der Waals surface area contributed by atoms with Crippen molar-refractivity contribution < 1.29 is 9.53 Å². The highest BCUT2D eigenvalue weighted by Gasteiger charge is 2.30. The lowest BCUT2D eigenvalue weighted by Crippen LogP contribution is -2.54. The van der Waals surface area contributed by atoms with E-state index in [1.165, 1.54) is 0 Å². The predicted molar refractivity (Wildman–Crippen MR) is 72.7 cm³/mol. The molecule has 1 saturated heterocycles. The van der Waals surface area contributed by atoms with E-state index in [2.05, 4.69) is 15.7 Å². The molecule has 19 heavy (non-hydrogen) atoms. The van der Waals surface area contributed by atoms with Crippen LogP contribution < -0.4 is 21.5 Å². The van der Waals surface area contributed by atoms with Gasteiger partial charge in [-0.25, -0.2) is 10.8 Å². The lowest BCUT2D eigenvalue weighted by Gasteiger charge is -2.35. The van der Waals surface area contributed by atoms with E-state index in [0.717, 1.165) is 5.82 Å². The molecule has 0 saturated carbocycles. The first-order valence-corrected chi connectivity index (χ1v) is 6.32. The van der Waals surface area contributed by atoms with Crippen LogP contribution in [0.2, 0.25) is 0 Å². The highest BCUT2D eigenvalue weighted by atomic mass is 16.5. The predicted octanol–water partition coefficient (Wildman–Crippen LogP) is -0.291. The highest BCUT2D eigenvalue weighted by molar-refractivity contribution is 5.85. The first-order valence-electron chi connectivity index (χ1n) is 6.32. The molecule has 0 radical (unpaired) electrons. The Morgan fingerprint density at radius 2 is 2.47 bits per heavy atom. The van der Waals surface area contributed by atoms with Crippen molar-refractivity contribution in [3.05, 3.63) is 18.2 Å². The summed E-state index contributed by atoms with van der Waals surface area (Å²) < 4.78 is 5.39. The smallest absolute Gasteiger partial charge is 0.245 e. The molecule has 2 rings (SSSR count). The molecular formula is C12H19N5O2. The summed E-state index contributed by atoms with van der Waals surface area (Å²) in [6.07, 6.45) is 0. The third kappa shape index (κ3) is 3.12. The van der Waals surface area contributed by atoms with Crippen molar-refractivity contribution in [1.29, 1.82) is 0 Å². The maximum Gasteiger partial charge on any atom is 0.245 e. The number of likely N-dealkylation sites (N-methyl/N-ethyl adjacent to an activating group) is 1. The summed E-state index contributed by atoms with van der Waals surface area (Å²) in [5, 5.41) is 2.81. The molecule has 1 aromatic heterocycles. The lowest BCUT2D eigenvalue weighted by molar-refractivity contribution is -0.124. The number of hydrogen-bond acceptors (Lipinski definition) is 6. The van der Waals surface area contributed by atoms with E-state index in [0.29, 0.717) is 32.1 Å². The van der Waals surface area contributed by atoms with Gasteiger partial charge >= 0.3 is 0 Å². The van der Waals surface area contributed by atoms with Crippen LogP contribution in [0.5, 0.6) is 0 Å². The average molecular weight is 265 g/mol. The van der Waals surface area contributed by atoms with Crippen molar-refractivity contribution in [2.45, 2.75) is 13.0 Å². The summed E-state index contributed by atoms with van der Waals surface area (Å²) in [6.45, 7) is 4.07. The SMILES string of the molecule is CCNC(=O)C1COCCN1c1cccc(NN)n1. The zero-order valence-corrected chi connectivity index (χ0v) is 10.9. The minimum Gasteiger partial charge on any atom is -0.377 e. The number of hydrazine groups is 1. The molecule has 1 atom stereocenters. The molecule has 0 bridgehead atoms. The topological polar surface area (TPSA) is 92.5 Å². The molecule has 104 valence electrons. The highest BCUT2D eigenvalue weighted by Crippen LogP contribution is 2.19. The molecule has 1 aliphatic heterocycles. The Bertz CT molecular complexity index is 440. The van der Waals surface area contributed by atoms with Gasteiger partial charge in [0, 0.05) is 13.1 Å². The van der Waals surface area contributed by atoms with Crippen LogP contribution in [0.15, 0.2) is 18.2 Å². The van der Waals surface area contributed by atoms with Crippen LogP contribution in [0.3, 0.4) is 0 Å². The van der Waals surface area contributed by atoms with Gasteiger partial charge in [-0.1, -0.05) is 6.07 Å². The molecule has 1 aliphatic rings. The van der Waals surface area contributed by atoms with Crippen molar-refractivity contribution in [1.82, 2.24) is 10.3 Å². The lowest BCUT2D eigenvalue weighted by atomic mass is 10.2. The minimum atomic E-state index is -0.353. The fourth-order valence-electron chi connectivity index (χ4n) is 2.05. The second-order valence-electron chi connectivity index (χ2n) is 4.20. The van der Waals surface area contributed by atoms with Crippen LogP contribution in [-0.4, -0.2) is 43.2 Å². The van der Waals surface area contributed by atoms with Crippen molar-refractivity contribution in [2.75, 3.05) is 36.6 Å². The van der Waals surface area contributed by atoms with Gasteiger partial charge in [-0.3, -0.25) is 4.79 Å². The fourth-order valence-corrected chi connectivity index (χ4v) is 2.05. The van der Waals surface area contributed by atoms with Gasteiger partial charge in [0.15, 0.2) is 0 Å². The molecule has 2 heterocycles. The number of nitrogens with zero attached hydrogens (tertiary/aromatic N) is 2. The second kappa shape index (κ2) is 6.35. The number of amides is 1. The van der Waals surface area contributed by atoms with Crippen LogP contribution in [-0.2, 0) is 9.53 Å². The minimum absolute atomic E-state index is 0.0462. The van der Waals surface area contributed by atoms with Gasteiger partial charge in [0.2, 0.25) is 5.91 Å². The molecule has 4 N–H and O–H groups in total. The third-order valence-corrected chi connectivity index (χ3v) is 2.96. The molecule has 7 heteroatoms. The summed E-state index contributed by atoms with van der Waals surface area (Å²) in [4.78, 5) is 18.3. The summed E-state index contributed by atoms with van der Waals surface area (Å²) in [7, 11) is 0. The Morgan fingerprint density at radius 1 is 1.63 bits per heavy atom. The Labute approximate surface area is 112 Å². The number of carbonyl (C=O) groups is 1. The van der Waals surface area contributed by atoms with Gasteiger partial charge in [-0.05, 0) is 19.1 Å². The summed E-state index contributed by atoms with van der Waals surface area (Å²) in [5.41, 5.74) is 2.51. The van der Waals surface area contributed by atoms with Crippen LogP contribution in [0.1, 0.15) is 6.92 Å². The van der Waals surface area contributed by atoms with Crippen LogP contribution in [0, 0.1) is 0 Å². The zero-order valence-electron chi connectivity index (χ0n) is 10.9. The van der Waals surface area contributed by atoms with E-state index in [-0.39, 0.29) is 11.9 Å². The van der Waals surface area contributed by atoms with E-state index in [4.69, 9.17) is 10.6 Å². The largest absolute Gasteiger partial charge is 0.377 e. The zero-order chi connectivity index (χ0) is 13.7. The van der Waals surface area contributed by atoms with Gasteiger partial charge in [0.05, 0.1) is 13.2 Å². The summed E-state index contributed by atoms with van der Waals surface area (Å²) in [6, 6.07) is 5.12. The number of pyridine rings is 1. The molecule has 0 aliphatic carbocycles. The van der Waals surface area contributed by atoms with Gasteiger partial charge < -0.3 is 20.4 Å². The maximum absolute atomic E-state index is 12.0. The molecule has 1 unspecified atom stereocenters. The number of nitrogens with one attached hydrogen (secondary N) is 2. The number of morpholine rings is 1. The number of nitrogens with two attached hydrogens (primary N) is 1. The normalized spacial score (nSPS) is 19.1. The van der Waals surface area contributed by atoms with E-state index < -0.39 is 0 Å². The van der Waals surface area contributed by atoms with Crippen molar-refractivity contribution >= 4 is 17.5 Å². The average Bonchev–Trinajstić information content (AvgIpc) is 2.47. The molecule has 1 fully saturated rings. The first kappa shape index (κ1) is 13.6. The van der Waals surface area contributed by atoms with Crippen LogP contribution >= 0.6 is 0 Å². The Morgan fingerprint density at radius 3 is 3.21 bits per heavy atom. The van der Waals surface area contributed by atoms with E-state index >= 15 is 0 Å². The molecule has 1 amide bonds. The van der Waals surface area contributed by atoms with E-state index in [1.54, 1.807) is 6.07 Å². The van der Waals surface area contributed by atoms with Crippen molar-refractivity contribution in [3.63, 3.8) is 0 Å². The number of carbonyl (C=O) groups excluding carboxylic acids is 1. The fraction of sp³-hybridized carbons (Fsp3) is 0.500. The Kier molecular flexibility index (Phi) is 4.53. The van der Waals surface area contributed by atoms with Crippen LogP contribution in [0.25, 0.3) is 0 Å². The molecule has 0 aromatic carbocycles. The molecular weight excluding hydrogens is 246 g/mol. The van der Waals surface area contributed by atoms with Gasteiger partial charge in [-0.2, -0.15) is 0 Å². The quantitative estimate of drug-likeness (QED) is 0.512. The number of hydrogen-bond donors (Lipinski definition) is 3. The molecule has 0 spiro atoms. The maximum atomic E-state index is 12.0.